The van der Waals surface area contributed by atoms with Gasteiger partial charge in [-0.25, -0.2) is 4.39 Å². The van der Waals surface area contributed by atoms with E-state index in [-0.39, 0.29) is 29.6 Å². The quantitative estimate of drug-likeness (QED) is 0.244. The van der Waals surface area contributed by atoms with E-state index in [0.717, 1.165) is 18.2 Å². The van der Waals surface area contributed by atoms with Gasteiger partial charge in [-0.15, -0.1) is 0 Å². The zero-order chi connectivity index (χ0) is 27.4. The van der Waals surface area contributed by atoms with Crippen molar-refractivity contribution < 1.29 is 39.7 Å². The van der Waals surface area contributed by atoms with Gasteiger partial charge in [0.2, 0.25) is 0 Å². The van der Waals surface area contributed by atoms with Gasteiger partial charge in [0, 0.05) is 12.6 Å². The Morgan fingerprint density at radius 1 is 1.00 bits per heavy atom. The number of halogens is 4. The van der Waals surface area contributed by atoms with Crippen LogP contribution in [0.3, 0.4) is 0 Å². The summed E-state index contributed by atoms with van der Waals surface area (Å²) in [6.07, 6.45) is -4.18. The van der Waals surface area contributed by atoms with Crippen LogP contribution in [0.5, 0.6) is 11.5 Å². The summed E-state index contributed by atoms with van der Waals surface area (Å²) in [5.74, 6) is -1.50. The molecule has 6 nitrogen and oxygen atoms in total. The Morgan fingerprint density at radius 2 is 1.70 bits per heavy atom. The number of methoxy groups -OCH3 is 1. The molecule has 1 atom stereocenters. The smallest absolute Gasteiger partial charge is 0.416 e. The highest BCUT2D eigenvalue weighted by molar-refractivity contribution is 7.87. The van der Waals surface area contributed by atoms with Crippen LogP contribution in [0.4, 0.5) is 17.6 Å². The van der Waals surface area contributed by atoms with Gasteiger partial charge in [0.15, 0.2) is 11.5 Å². The molecule has 0 radical (unpaired) electrons. The molecule has 1 amide bonds. The van der Waals surface area contributed by atoms with Crippen molar-refractivity contribution in [3.8, 4) is 11.5 Å². The van der Waals surface area contributed by atoms with Crippen molar-refractivity contribution in [3.63, 3.8) is 0 Å². The fraction of sp³-hybridized carbons (Fsp3) is 0.269. The molecule has 0 heterocycles. The normalized spacial score (nSPS) is 12.6. The van der Waals surface area contributed by atoms with Crippen molar-refractivity contribution in [3.05, 3.63) is 89.2 Å². The molecule has 0 fully saturated rings. The van der Waals surface area contributed by atoms with Crippen LogP contribution in [0, 0.1) is 5.82 Å². The van der Waals surface area contributed by atoms with Crippen LogP contribution >= 0.6 is 0 Å². The molecule has 0 aliphatic carbocycles. The van der Waals surface area contributed by atoms with Gasteiger partial charge in [-0.05, 0) is 61.4 Å². The van der Waals surface area contributed by atoms with E-state index < -0.39 is 38.5 Å². The van der Waals surface area contributed by atoms with Crippen molar-refractivity contribution >= 4 is 16.0 Å². The Bertz CT molecular complexity index is 1380. The number of carbonyl (C=O) groups excluding carboxylic acids is 1. The lowest BCUT2D eigenvalue weighted by Gasteiger charge is -2.29. The topological polar surface area (TPSA) is 72.9 Å². The monoisotopic (exact) mass is 539 g/mol. The van der Waals surface area contributed by atoms with E-state index >= 15 is 0 Å². The number of carbonyl (C=O) groups is 1. The second kappa shape index (κ2) is 11.2. The molecule has 0 saturated heterocycles. The summed E-state index contributed by atoms with van der Waals surface area (Å²) in [6, 6.07) is 12.7. The highest BCUT2D eigenvalue weighted by Gasteiger charge is 2.32. The summed E-state index contributed by atoms with van der Waals surface area (Å²) in [4.78, 5) is 13.9. The molecular weight excluding hydrogens is 514 g/mol. The van der Waals surface area contributed by atoms with Crippen molar-refractivity contribution in [2.45, 2.75) is 43.9 Å². The summed E-state index contributed by atoms with van der Waals surface area (Å²) >= 11 is 0. The molecule has 0 bridgehead atoms. The molecule has 1 unspecified atom stereocenters. The zero-order valence-corrected chi connectivity index (χ0v) is 21.1. The average Bonchev–Trinajstić information content (AvgIpc) is 2.86. The lowest BCUT2D eigenvalue weighted by molar-refractivity contribution is -0.137. The summed E-state index contributed by atoms with van der Waals surface area (Å²) in [6.45, 7) is 3.63. The third kappa shape index (κ3) is 6.59. The Balaban J connectivity index is 1.95. The molecule has 0 saturated carbocycles. The van der Waals surface area contributed by atoms with E-state index in [2.05, 4.69) is 0 Å². The molecular formula is C26H25F4NO5S. The lowest BCUT2D eigenvalue weighted by Crippen LogP contribution is -2.38. The Kier molecular flexibility index (Phi) is 8.47. The molecule has 3 rings (SSSR count). The molecule has 3 aromatic carbocycles. The number of hydrogen-bond acceptors (Lipinski definition) is 5. The van der Waals surface area contributed by atoms with Gasteiger partial charge in [0.05, 0.1) is 18.2 Å². The minimum Gasteiger partial charge on any atom is -0.493 e. The maximum atomic E-state index is 14.3. The van der Waals surface area contributed by atoms with Crippen molar-refractivity contribution in [2.75, 3.05) is 7.11 Å². The number of ether oxygens (including phenoxy) is 1. The first-order valence-corrected chi connectivity index (χ1v) is 12.6. The Morgan fingerprint density at radius 3 is 2.32 bits per heavy atom. The number of amides is 1. The first-order valence-electron chi connectivity index (χ1n) is 11.2. The SMILES string of the molecule is CCC(C)N(Cc1ccc(OC)c(OS(=O)(=O)c2cccc(C(F)(F)F)c2)c1)C(=O)c1ccccc1F. The predicted molar refractivity (Wildman–Crippen MR) is 128 cm³/mol. The lowest BCUT2D eigenvalue weighted by atomic mass is 10.1. The molecule has 0 aromatic heterocycles. The van der Waals surface area contributed by atoms with E-state index in [9.17, 15) is 30.8 Å². The summed E-state index contributed by atoms with van der Waals surface area (Å²) < 4.78 is 89.5. The molecule has 37 heavy (non-hydrogen) atoms. The number of benzene rings is 3. The molecule has 0 aliphatic rings. The fourth-order valence-corrected chi connectivity index (χ4v) is 4.49. The van der Waals surface area contributed by atoms with Gasteiger partial charge >= 0.3 is 16.3 Å². The van der Waals surface area contributed by atoms with Gasteiger partial charge in [-0.2, -0.15) is 21.6 Å². The average molecular weight is 540 g/mol. The largest absolute Gasteiger partial charge is 0.493 e. The minimum absolute atomic E-state index is 0.00909. The predicted octanol–water partition coefficient (Wildman–Crippen LogP) is 6.06. The van der Waals surface area contributed by atoms with Gasteiger partial charge in [0.1, 0.15) is 10.7 Å². The first kappa shape index (κ1) is 28.0. The standard InChI is InChI=1S/C26H25F4NO5S/c1-4-17(2)31(25(32)21-10-5-6-11-22(21)27)16-18-12-13-23(35-3)24(14-18)36-37(33,34)20-9-7-8-19(15-20)26(28,29)30/h5-15,17H,4,16H2,1-3H3. The van der Waals surface area contributed by atoms with Gasteiger partial charge in [-0.1, -0.05) is 31.2 Å². The Labute approximate surface area is 212 Å². The van der Waals surface area contributed by atoms with Crippen LogP contribution < -0.4 is 8.92 Å². The third-order valence-corrected chi connectivity index (χ3v) is 6.95. The van der Waals surface area contributed by atoms with E-state index in [1.54, 1.807) is 19.1 Å². The van der Waals surface area contributed by atoms with Gasteiger partial charge < -0.3 is 13.8 Å². The van der Waals surface area contributed by atoms with Gasteiger partial charge in [0.25, 0.3) is 5.91 Å². The van der Waals surface area contributed by atoms with E-state index in [1.807, 2.05) is 6.92 Å². The van der Waals surface area contributed by atoms with Crippen LogP contribution in [-0.4, -0.2) is 32.4 Å². The first-order chi connectivity index (χ1) is 17.4. The molecule has 11 heteroatoms. The highest BCUT2D eigenvalue weighted by Crippen LogP contribution is 2.34. The van der Waals surface area contributed by atoms with Crippen molar-refractivity contribution in [1.29, 1.82) is 0 Å². The molecule has 198 valence electrons. The second-order valence-electron chi connectivity index (χ2n) is 8.22. The number of nitrogens with zero attached hydrogens (tertiary/aromatic N) is 1. The summed E-state index contributed by atoms with van der Waals surface area (Å²) in [7, 11) is -3.40. The zero-order valence-electron chi connectivity index (χ0n) is 20.3. The van der Waals surface area contributed by atoms with Crippen molar-refractivity contribution in [1.82, 2.24) is 4.90 Å². The van der Waals surface area contributed by atoms with Crippen LogP contribution in [-0.2, 0) is 22.8 Å². The number of alkyl halides is 3. The van der Waals surface area contributed by atoms with Crippen LogP contribution in [0.1, 0.15) is 41.8 Å². The van der Waals surface area contributed by atoms with Crippen LogP contribution in [0.2, 0.25) is 0 Å². The molecule has 0 N–H and O–H groups in total. The number of rotatable bonds is 9. The summed E-state index contributed by atoms with van der Waals surface area (Å²) in [5.41, 5.74) is -0.825. The van der Waals surface area contributed by atoms with Gasteiger partial charge in [-0.3, -0.25) is 4.79 Å². The van der Waals surface area contributed by atoms with Crippen LogP contribution in [0.25, 0.3) is 0 Å². The highest BCUT2D eigenvalue weighted by atomic mass is 32.2. The fourth-order valence-electron chi connectivity index (χ4n) is 3.51. The van der Waals surface area contributed by atoms with E-state index in [1.165, 1.54) is 42.3 Å². The van der Waals surface area contributed by atoms with E-state index in [4.69, 9.17) is 8.92 Å². The minimum atomic E-state index is -4.74. The third-order valence-electron chi connectivity index (χ3n) is 5.72. The maximum absolute atomic E-state index is 14.3. The van der Waals surface area contributed by atoms with Crippen molar-refractivity contribution in [2.24, 2.45) is 0 Å². The number of hydrogen-bond donors (Lipinski definition) is 0. The molecule has 3 aromatic rings. The second-order valence-corrected chi connectivity index (χ2v) is 9.76. The summed E-state index contributed by atoms with van der Waals surface area (Å²) in [5, 5.41) is 0. The van der Waals surface area contributed by atoms with Crippen LogP contribution in [0.15, 0.2) is 71.6 Å². The van der Waals surface area contributed by atoms with E-state index in [0.29, 0.717) is 18.1 Å². The molecule has 0 spiro atoms. The molecule has 0 aliphatic heterocycles. The maximum Gasteiger partial charge on any atom is 0.416 e. The Hall–Kier alpha value is -3.60.